The van der Waals surface area contributed by atoms with Gasteiger partial charge in [-0.1, -0.05) is 6.92 Å². The number of rotatable bonds is 0. The Kier molecular flexibility index (Phi) is 2.35. The number of ether oxygens (including phenoxy) is 1. The van der Waals surface area contributed by atoms with Crippen LogP contribution in [-0.2, 0) is 9.53 Å². The average molecular weight is 196 g/mol. The summed E-state index contributed by atoms with van der Waals surface area (Å²) in [7, 11) is 0. The normalized spacial score (nSPS) is 32.3. The minimum absolute atomic E-state index is 0.00414. The Bertz CT molecular complexity index is 278. The predicted octanol–water partition coefficient (Wildman–Crippen LogP) is 0.362. The fourth-order valence-corrected chi connectivity index (χ4v) is 1.85. The first-order chi connectivity index (χ1) is 6.70. The molecule has 2 saturated heterocycles. The van der Waals surface area contributed by atoms with Gasteiger partial charge in [0.1, 0.15) is 11.9 Å². The van der Waals surface area contributed by atoms with Gasteiger partial charge in [-0.15, -0.1) is 0 Å². The molecular formula is C10H16N2O2. The van der Waals surface area contributed by atoms with Crippen molar-refractivity contribution in [2.45, 2.75) is 26.4 Å². The molecule has 2 heterocycles. The van der Waals surface area contributed by atoms with Crippen LogP contribution < -0.4 is 10.6 Å². The summed E-state index contributed by atoms with van der Waals surface area (Å²) in [5.74, 6) is 0.871. The van der Waals surface area contributed by atoms with Crippen LogP contribution >= 0.6 is 0 Å². The molecule has 0 bridgehead atoms. The highest BCUT2D eigenvalue weighted by Crippen LogP contribution is 2.28. The second-order valence-electron chi connectivity index (χ2n) is 3.89. The van der Waals surface area contributed by atoms with Crippen molar-refractivity contribution in [2.24, 2.45) is 5.92 Å². The Morgan fingerprint density at radius 1 is 1.29 bits per heavy atom. The predicted molar refractivity (Wildman–Crippen MR) is 52.4 cm³/mol. The fraction of sp³-hybridized carbons (Fsp3) is 0.700. The highest BCUT2D eigenvalue weighted by Gasteiger charge is 2.36. The topological polar surface area (TPSA) is 50.4 Å². The van der Waals surface area contributed by atoms with Crippen LogP contribution in [0, 0.1) is 5.92 Å². The van der Waals surface area contributed by atoms with E-state index in [1.165, 1.54) is 0 Å². The molecule has 0 aromatic rings. The van der Waals surface area contributed by atoms with Crippen molar-refractivity contribution in [3.8, 4) is 0 Å². The van der Waals surface area contributed by atoms with E-state index in [4.69, 9.17) is 4.74 Å². The van der Waals surface area contributed by atoms with Crippen LogP contribution in [0.5, 0.6) is 0 Å². The zero-order chi connectivity index (χ0) is 10.1. The zero-order valence-corrected chi connectivity index (χ0v) is 8.59. The standard InChI is InChI=1S/C10H16N2O2/c1-6-7(2)14-10(13)8(6)9-11-4-3-5-12-9/h6-7,11-12H,3-5H2,1-2H3. The lowest BCUT2D eigenvalue weighted by Crippen LogP contribution is -2.37. The smallest absolute Gasteiger partial charge is 0.338 e. The molecule has 0 saturated carbocycles. The number of carbonyl (C=O) groups is 1. The maximum Gasteiger partial charge on any atom is 0.338 e. The average Bonchev–Trinajstić information content (AvgIpc) is 2.43. The maximum absolute atomic E-state index is 11.5. The van der Waals surface area contributed by atoms with Crippen LogP contribution in [0.3, 0.4) is 0 Å². The van der Waals surface area contributed by atoms with Gasteiger partial charge in [-0.25, -0.2) is 4.79 Å². The van der Waals surface area contributed by atoms with E-state index >= 15 is 0 Å². The third-order valence-electron chi connectivity index (χ3n) is 2.90. The van der Waals surface area contributed by atoms with Crippen LogP contribution in [-0.4, -0.2) is 25.2 Å². The maximum atomic E-state index is 11.5. The van der Waals surface area contributed by atoms with Crippen molar-refractivity contribution in [2.75, 3.05) is 13.1 Å². The minimum Gasteiger partial charge on any atom is -0.459 e. The van der Waals surface area contributed by atoms with Gasteiger partial charge < -0.3 is 15.4 Å². The summed E-state index contributed by atoms with van der Waals surface area (Å²) in [6.07, 6.45) is 1.09. The minimum atomic E-state index is -0.179. The summed E-state index contributed by atoms with van der Waals surface area (Å²) in [6.45, 7) is 5.81. The van der Waals surface area contributed by atoms with E-state index in [0.29, 0.717) is 0 Å². The Balaban J connectivity index is 2.26. The first-order valence-corrected chi connectivity index (χ1v) is 5.13. The summed E-state index contributed by atoms with van der Waals surface area (Å²) < 4.78 is 5.16. The quantitative estimate of drug-likeness (QED) is 0.434. The van der Waals surface area contributed by atoms with Crippen molar-refractivity contribution >= 4 is 5.97 Å². The van der Waals surface area contributed by atoms with Crippen LogP contribution in [0.1, 0.15) is 20.3 Å². The van der Waals surface area contributed by atoms with E-state index in [1.54, 1.807) is 0 Å². The van der Waals surface area contributed by atoms with Gasteiger partial charge in [-0.3, -0.25) is 0 Å². The van der Waals surface area contributed by atoms with Gasteiger partial charge in [0.15, 0.2) is 0 Å². The zero-order valence-electron chi connectivity index (χ0n) is 8.59. The van der Waals surface area contributed by atoms with Crippen LogP contribution in [0.2, 0.25) is 0 Å². The molecule has 2 aliphatic rings. The Labute approximate surface area is 83.7 Å². The van der Waals surface area contributed by atoms with E-state index in [0.717, 1.165) is 30.9 Å². The van der Waals surface area contributed by atoms with Gasteiger partial charge in [0.05, 0.1) is 5.57 Å². The largest absolute Gasteiger partial charge is 0.459 e. The van der Waals surface area contributed by atoms with Gasteiger partial charge in [0, 0.05) is 19.0 Å². The molecule has 0 aliphatic carbocycles. The van der Waals surface area contributed by atoms with Crippen LogP contribution in [0.25, 0.3) is 0 Å². The number of cyclic esters (lactones) is 1. The monoisotopic (exact) mass is 196 g/mol. The Morgan fingerprint density at radius 2 is 1.93 bits per heavy atom. The Morgan fingerprint density at radius 3 is 2.43 bits per heavy atom. The SMILES string of the molecule is CC1OC(=O)C(=C2NCCCN2)C1C. The third-order valence-corrected chi connectivity index (χ3v) is 2.90. The van der Waals surface area contributed by atoms with E-state index in [9.17, 15) is 4.79 Å². The molecule has 2 unspecified atom stereocenters. The van der Waals surface area contributed by atoms with Crippen LogP contribution in [0.15, 0.2) is 11.4 Å². The van der Waals surface area contributed by atoms with Crippen LogP contribution in [0.4, 0.5) is 0 Å². The highest BCUT2D eigenvalue weighted by molar-refractivity contribution is 5.92. The summed E-state index contributed by atoms with van der Waals surface area (Å²) in [6, 6.07) is 0. The molecule has 14 heavy (non-hydrogen) atoms. The summed E-state index contributed by atoms with van der Waals surface area (Å²) >= 11 is 0. The fourth-order valence-electron chi connectivity index (χ4n) is 1.85. The molecule has 2 aliphatic heterocycles. The van der Waals surface area contributed by atoms with Gasteiger partial charge in [-0.2, -0.15) is 0 Å². The number of hydrogen-bond donors (Lipinski definition) is 2. The van der Waals surface area contributed by atoms with Gasteiger partial charge in [-0.05, 0) is 13.3 Å². The molecule has 0 spiro atoms. The van der Waals surface area contributed by atoms with Gasteiger partial charge >= 0.3 is 5.97 Å². The first kappa shape index (κ1) is 9.37. The Hall–Kier alpha value is -1.19. The molecule has 2 rings (SSSR count). The molecule has 0 amide bonds. The molecular weight excluding hydrogens is 180 g/mol. The second kappa shape index (κ2) is 3.52. The number of esters is 1. The molecule has 2 N–H and O–H groups in total. The molecule has 2 atom stereocenters. The molecule has 0 radical (unpaired) electrons. The summed E-state index contributed by atoms with van der Waals surface area (Å²) in [5.41, 5.74) is 0.775. The number of nitrogens with one attached hydrogen (secondary N) is 2. The third kappa shape index (κ3) is 1.45. The van der Waals surface area contributed by atoms with E-state index in [1.807, 2.05) is 13.8 Å². The first-order valence-electron chi connectivity index (χ1n) is 5.13. The molecule has 2 fully saturated rings. The highest BCUT2D eigenvalue weighted by atomic mass is 16.5. The molecule has 78 valence electrons. The van der Waals surface area contributed by atoms with E-state index < -0.39 is 0 Å². The van der Waals surface area contributed by atoms with Gasteiger partial charge in [0.2, 0.25) is 0 Å². The van der Waals surface area contributed by atoms with E-state index in [-0.39, 0.29) is 18.0 Å². The summed E-state index contributed by atoms with van der Waals surface area (Å²) in [5, 5.41) is 6.42. The number of hydrogen-bond acceptors (Lipinski definition) is 4. The summed E-state index contributed by atoms with van der Waals surface area (Å²) in [4.78, 5) is 11.5. The number of carbonyl (C=O) groups excluding carboxylic acids is 1. The van der Waals surface area contributed by atoms with Gasteiger partial charge in [0.25, 0.3) is 0 Å². The van der Waals surface area contributed by atoms with Crippen molar-refractivity contribution in [3.05, 3.63) is 11.4 Å². The van der Waals surface area contributed by atoms with Crippen molar-refractivity contribution in [3.63, 3.8) is 0 Å². The molecule has 4 heteroatoms. The lowest BCUT2D eigenvalue weighted by atomic mass is 9.99. The lowest BCUT2D eigenvalue weighted by Gasteiger charge is -2.21. The van der Waals surface area contributed by atoms with Crippen molar-refractivity contribution in [1.29, 1.82) is 0 Å². The van der Waals surface area contributed by atoms with E-state index in [2.05, 4.69) is 10.6 Å². The molecule has 0 aromatic heterocycles. The molecule has 4 nitrogen and oxygen atoms in total. The molecule has 0 aromatic carbocycles. The lowest BCUT2D eigenvalue weighted by molar-refractivity contribution is -0.138. The second-order valence-corrected chi connectivity index (χ2v) is 3.89. The van der Waals surface area contributed by atoms with Crippen molar-refractivity contribution < 1.29 is 9.53 Å². The van der Waals surface area contributed by atoms with Crippen molar-refractivity contribution in [1.82, 2.24) is 10.6 Å².